The second-order valence-electron chi connectivity index (χ2n) is 6.73. The number of aromatic nitrogens is 3. The highest BCUT2D eigenvalue weighted by Crippen LogP contribution is 2.29. The van der Waals surface area contributed by atoms with Crippen LogP contribution in [0.15, 0.2) is 48.8 Å². The summed E-state index contributed by atoms with van der Waals surface area (Å²) >= 11 is 0. The molecule has 27 heavy (non-hydrogen) atoms. The minimum atomic E-state index is -0.594. The summed E-state index contributed by atoms with van der Waals surface area (Å²) in [6.45, 7) is 2.94. The molecule has 4 rings (SSSR count). The summed E-state index contributed by atoms with van der Waals surface area (Å²) in [6, 6.07) is 9.12. The van der Waals surface area contributed by atoms with Gasteiger partial charge in [0.05, 0.1) is 31.4 Å². The van der Waals surface area contributed by atoms with Crippen LogP contribution in [-0.2, 0) is 24.3 Å². The zero-order valence-electron chi connectivity index (χ0n) is 14.8. The fourth-order valence-electron chi connectivity index (χ4n) is 3.43. The van der Waals surface area contributed by atoms with Crippen molar-refractivity contribution in [3.63, 3.8) is 0 Å². The van der Waals surface area contributed by atoms with E-state index in [1.807, 2.05) is 11.6 Å². The van der Waals surface area contributed by atoms with E-state index in [1.54, 1.807) is 29.3 Å². The summed E-state index contributed by atoms with van der Waals surface area (Å²) in [5, 5.41) is 4.42. The van der Waals surface area contributed by atoms with Crippen LogP contribution in [0.4, 0.5) is 8.78 Å². The topological polar surface area (TPSA) is 51.0 Å². The zero-order chi connectivity index (χ0) is 19.0. The third-order valence-corrected chi connectivity index (χ3v) is 4.86. The Hall–Kier alpha value is -3.09. The number of fused-ring (bicyclic) bond motifs is 1. The maximum absolute atomic E-state index is 13.3. The van der Waals surface area contributed by atoms with Gasteiger partial charge in [0.15, 0.2) is 0 Å². The van der Waals surface area contributed by atoms with Gasteiger partial charge in [0.25, 0.3) is 0 Å². The Morgan fingerprint density at radius 2 is 2.00 bits per heavy atom. The normalized spacial score (nSPS) is 16.3. The molecule has 0 saturated carbocycles. The van der Waals surface area contributed by atoms with Crippen molar-refractivity contribution in [2.24, 2.45) is 0 Å². The average molecular weight is 368 g/mol. The molecule has 3 heterocycles. The molecule has 138 valence electrons. The molecule has 3 aromatic rings. The van der Waals surface area contributed by atoms with E-state index >= 15 is 0 Å². The quantitative estimate of drug-likeness (QED) is 0.667. The van der Waals surface area contributed by atoms with Crippen molar-refractivity contribution >= 4 is 5.91 Å². The molecule has 1 aromatic carbocycles. The number of amides is 1. The van der Waals surface area contributed by atoms with Gasteiger partial charge in [-0.2, -0.15) is 9.49 Å². The van der Waals surface area contributed by atoms with Crippen LogP contribution in [0.1, 0.15) is 18.2 Å². The number of benzene rings is 1. The molecular weight excluding hydrogens is 350 g/mol. The lowest BCUT2D eigenvalue weighted by Gasteiger charge is -2.34. The number of hydrogen-bond acceptors (Lipinski definition) is 3. The SMILES string of the molecule is CC1Cn2ncc(-c3ccc(F)cc3)c2CN1C(=O)Cc1ccnc(F)c1. The first-order valence-electron chi connectivity index (χ1n) is 8.72. The van der Waals surface area contributed by atoms with Crippen LogP contribution in [0.2, 0.25) is 0 Å². The molecule has 5 nitrogen and oxygen atoms in total. The van der Waals surface area contributed by atoms with Crippen molar-refractivity contribution in [2.75, 3.05) is 0 Å². The van der Waals surface area contributed by atoms with Gasteiger partial charge in [-0.15, -0.1) is 0 Å². The smallest absolute Gasteiger partial charge is 0.227 e. The van der Waals surface area contributed by atoms with Crippen LogP contribution >= 0.6 is 0 Å². The molecule has 1 aliphatic heterocycles. The Labute approximate surface area is 155 Å². The minimum Gasteiger partial charge on any atom is -0.332 e. The zero-order valence-corrected chi connectivity index (χ0v) is 14.8. The van der Waals surface area contributed by atoms with E-state index in [4.69, 9.17) is 0 Å². The van der Waals surface area contributed by atoms with E-state index < -0.39 is 5.95 Å². The van der Waals surface area contributed by atoms with Gasteiger partial charge in [-0.05, 0) is 42.3 Å². The largest absolute Gasteiger partial charge is 0.332 e. The molecule has 1 aliphatic rings. The molecule has 0 radical (unpaired) electrons. The molecule has 1 unspecified atom stereocenters. The van der Waals surface area contributed by atoms with Crippen LogP contribution < -0.4 is 0 Å². The molecule has 2 aromatic heterocycles. The van der Waals surface area contributed by atoms with Gasteiger partial charge < -0.3 is 4.90 Å². The van der Waals surface area contributed by atoms with Crippen LogP contribution in [0, 0.1) is 11.8 Å². The fraction of sp³-hybridized carbons (Fsp3) is 0.250. The lowest BCUT2D eigenvalue weighted by molar-refractivity contribution is -0.134. The third kappa shape index (κ3) is 3.45. The Balaban J connectivity index is 1.59. The number of carbonyl (C=O) groups is 1. The first kappa shape index (κ1) is 17.3. The van der Waals surface area contributed by atoms with Crippen molar-refractivity contribution in [1.82, 2.24) is 19.7 Å². The van der Waals surface area contributed by atoms with Gasteiger partial charge in [-0.1, -0.05) is 12.1 Å². The fourth-order valence-corrected chi connectivity index (χ4v) is 3.43. The standard InChI is InChI=1S/C20H18F2N4O/c1-13-11-26-18(17(10-24-26)15-2-4-16(21)5-3-15)12-25(13)20(27)9-14-6-7-23-19(22)8-14/h2-8,10,13H,9,11-12H2,1H3. The van der Waals surface area contributed by atoms with E-state index in [0.717, 1.165) is 16.8 Å². The first-order valence-corrected chi connectivity index (χ1v) is 8.72. The molecule has 0 saturated heterocycles. The van der Waals surface area contributed by atoms with Gasteiger partial charge in [0.2, 0.25) is 11.9 Å². The number of rotatable bonds is 3. The lowest BCUT2D eigenvalue weighted by Crippen LogP contribution is -2.45. The monoisotopic (exact) mass is 368 g/mol. The Bertz CT molecular complexity index is 984. The highest BCUT2D eigenvalue weighted by atomic mass is 19.1. The molecule has 0 N–H and O–H groups in total. The molecular formula is C20H18F2N4O. The Morgan fingerprint density at radius 1 is 1.22 bits per heavy atom. The van der Waals surface area contributed by atoms with E-state index in [-0.39, 0.29) is 24.2 Å². The van der Waals surface area contributed by atoms with Gasteiger partial charge in [0.1, 0.15) is 5.82 Å². The molecule has 0 spiro atoms. The highest BCUT2D eigenvalue weighted by molar-refractivity contribution is 5.79. The summed E-state index contributed by atoms with van der Waals surface area (Å²) in [7, 11) is 0. The molecule has 7 heteroatoms. The maximum atomic E-state index is 13.3. The van der Waals surface area contributed by atoms with Crippen molar-refractivity contribution in [3.8, 4) is 11.1 Å². The molecule has 0 fully saturated rings. The number of nitrogens with zero attached hydrogens (tertiary/aromatic N) is 4. The van der Waals surface area contributed by atoms with Crippen LogP contribution in [0.3, 0.4) is 0 Å². The maximum Gasteiger partial charge on any atom is 0.227 e. The van der Waals surface area contributed by atoms with Crippen molar-refractivity contribution < 1.29 is 13.6 Å². The predicted molar refractivity (Wildman–Crippen MR) is 95.5 cm³/mol. The molecule has 1 atom stereocenters. The van der Waals surface area contributed by atoms with Gasteiger partial charge >= 0.3 is 0 Å². The van der Waals surface area contributed by atoms with E-state index in [0.29, 0.717) is 18.7 Å². The summed E-state index contributed by atoms with van der Waals surface area (Å²) in [6.07, 6.45) is 3.23. The van der Waals surface area contributed by atoms with E-state index in [2.05, 4.69) is 10.1 Å². The van der Waals surface area contributed by atoms with Crippen molar-refractivity contribution in [3.05, 3.63) is 71.8 Å². The van der Waals surface area contributed by atoms with Crippen LogP contribution in [0.5, 0.6) is 0 Å². The summed E-state index contributed by atoms with van der Waals surface area (Å²) < 4.78 is 28.4. The van der Waals surface area contributed by atoms with Gasteiger partial charge in [0, 0.05) is 17.8 Å². The summed E-state index contributed by atoms with van der Waals surface area (Å²) in [5.41, 5.74) is 3.25. The number of halogens is 2. The lowest BCUT2D eigenvalue weighted by atomic mass is 10.0. The number of hydrogen-bond donors (Lipinski definition) is 0. The number of carbonyl (C=O) groups excluding carboxylic acids is 1. The Kier molecular flexibility index (Phi) is 4.43. The van der Waals surface area contributed by atoms with Crippen LogP contribution in [-0.4, -0.2) is 31.6 Å². The summed E-state index contributed by atoms with van der Waals surface area (Å²) in [4.78, 5) is 18.1. The van der Waals surface area contributed by atoms with Crippen LogP contribution in [0.25, 0.3) is 11.1 Å². The predicted octanol–water partition coefficient (Wildman–Crippen LogP) is 3.20. The highest BCUT2D eigenvalue weighted by Gasteiger charge is 2.29. The van der Waals surface area contributed by atoms with E-state index in [9.17, 15) is 13.6 Å². The van der Waals surface area contributed by atoms with Crippen molar-refractivity contribution in [2.45, 2.75) is 32.5 Å². The first-order chi connectivity index (χ1) is 13.0. The molecule has 1 amide bonds. The second kappa shape index (κ2) is 6.90. The molecule has 0 bridgehead atoms. The molecule has 0 aliphatic carbocycles. The third-order valence-electron chi connectivity index (χ3n) is 4.86. The van der Waals surface area contributed by atoms with Crippen molar-refractivity contribution in [1.29, 1.82) is 0 Å². The summed E-state index contributed by atoms with van der Waals surface area (Å²) in [5.74, 6) is -0.968. The van der Waals surface area contributed by atoms with E-state index in [1.165, 1.54) is 24.4 Å². The van der Waals surface area contributed by atoms with Gasteiger partial charge in [-0.25, -0.2) is 9.37 Å². The Morgan fingerprint density at radius 3 is 2.74 bits per heavy atom. The van der Waals surface area contributed by atoms with Gasteiger partial charge in [-0.3, -0.25) is 9.48 Å². The number of pyridine rings is 1. The minimum absolute atomic E-state index is 0.0300. The average Bonchev–Trinajstić information content (AvgIpc) is 3.04. The second-order valence-corrected chi connectivity index (χ2v) is 6.73.